The first-order valence-corrected chi connectivity index (χ1v) is 13.1. The lowest BCUT2D eigenvalue weighted by Crippen LogP contribution is -2.40. The zero-order valence-electron chi connectivity index (χ0n) is 20.6. The molecule has 0 unspecified atom stereocenters. The molecule has 0 aromatic heterocycles. The van der Waals surface area contributed by atoms with Crippen LogP contribution >= 0.6 is 11.6 Å². The summed E-state index contributed by atoms with van der Waals surface area (Å²) in [6, 6.07) is 11.0. The number of nitriles is 1. The van der Waals surface area contributed by atoms with Crippen molar-refractivity contribution in [3.63, 3.8) is 0 Å². The van der Waals surface area contributed by atoms with Crippen LogP contribution < -0.4 is 10.1 Å². The van der Waals surface area contributed by atoms with E-state index in [9.17, 15) is 9.59 Å². The van der Waals surface area contributed by atoms with E-state index in [1.165, 1.54) is 43.8 Å². The lowest BCUT2D eigenvalue weighted by atomic mass is 9.54. The number of carbonyl (C=O) groups excluding carboxylic acids is 2. The molecule has 2 aromatic carbocycles. The number of methoxy groups -OCH3 is 1. The summed E-state index contributed by atoms with van der Waals surface area (Å²) < 4.78 is 12.3. The third kappa shape index (κ3) is 4.12. The van der Waals surface area contributed by atoms with Gasteiger partial charge in [0, 0.05) is 17.2 Å². The SMILES string of the molecule is COC(=C1C2CC3CC(C2)CC1C3)c1ccc(/C=C/C#N)c(OCc2ccc3c(c2)C(=O)C(=O)N3)c1Cl. The van der Waals surface area contributed by atoms with Crippen molar-refractivity contribution in [3.8, 4) is 11.8 Å². The zero-order chi connectivity index (χ0) is 25.7. The van der Waals surface area contributed by atoms with Crippen LogP contribution in [0.5, 0.6) is 5.75 Å². The molecule has 7 rings (SSSR count). The number of rotatable bonds is 6. The van der Waals surface area contributed by atoms with Crippen LogP contribution in [-0.2, 0) is 16.1 Å². The van der Waals surface area contributed by atoms with Gasteiger partial charge in [0.1, 0.15) is 18.1 Å². The number of nitrogens with zero attached hydrogens (tertiary/aromatic N) is 1. The summed E-state index contributed by atoms with van der Waals surface area (Å²) in [6.45, 7) is 0.138. The monoisotopic (exact) mass is 514 g/mol. The van der Waals surface area contributed by atoms with Crippen molar-refractivity contribution in [2.75, 3.05) is 12.4 Å². The van der Waals surface area contributed by atoms with Gasteiger partial charge in [-0.25, -0.2) is 0 Å². The molecule has 6 nitrogen and oxygen atoms in total. The number of amides is 1. The lowest BCUT2D eigenvalue weighted by Gasteiger charge is -2.51. The number of fused-ring (bicyclic) bond motifs is 1. The molecule has 37 heavy (non-hydrogen) atoms. The second-order valence-electron chi connectivity index (χ2n) is 10.6. The Kier molecular flexibility index (Phi) is 6.04. The van der Waals surface area contributed by atoms with Gasteiger partial charge >= 0.3 is 0 Å². The summed E-state index contributed by atoms with van der Waals surface area (Å²) in [6.07, 6.45) is 9.35. The first kappa shape index (κ1) is 23.8. The van der Waals surface area contributed by atoms with E-state index in [0.29, 0.717) is 39.4 Å². The maximum Gasteiger partial charge on any atom is 0.296 e. The van der Waals surface area contributed by atoms with Gasteiger partial charge < -0.3 is 14.8 Å². The highest BCUT2D eigenvalue weighted by Gasteiger charge is 2.47. The number of allylic oxidation sites excluding steroid dienone is 2. The van der Waals surface area contributed by atoms with E-state index in [1.807, 2.05) is 18.2 Å². The Hall–Kier alpha value is -3.56. The molecule has 4 aliphatic carbocycles. The third-order valence-corrected chi connectivity index (χ3v) is 8.74. The van der Waals surface area contributed by atoms with E-state index in [2.05, 4.69) is 5.32 Å². The van der Waals surface area contributed by atoms with Crippen molar-refractivity contribution in [2.45, 2.75) is 38.7 Å². The molecule has 1 heterocycles. The predicted molar refractivity (Wildman–Crippen MR) is 141 cm³/mol. The average molecular weight is 515 g/mol. The number of benzene rings is 2. The van der Waals surface area contributed by atoms with E-state index in [-0.39, 0.29) is 6.61 Å². The van der Waals surface area contributed by atoms with Crippen molar-refractivity contribution in [1.29, 1.82) is 5.26 Å². The summed E-state index contributed by atoms with van der Waals surface area (Å²) in [5, 5.41) is 12.1. The van der Waals surface area contributed by atoms with Gasteiger partial charge in [-0.1, -0.05) is 23.7 Å². The zero-order valence-corrected chi connectivity index (χ0v) is 21.3. The molecular formula is C30H27ClN2O4. The van der Waals surface area contributed by atoms with Gasteiger partial charge in [-0.05, 0) is 91.2 Å². The molecule has 0 spiro atoms. The van der Waals surface area contributed by atoms with Gasteiger partial charge in [0.2, 0.25) is 0 Å². The van der Waals surface area contributed by atoms with Gasteiger partial charge in [0.25, 0.3) is 11.7 Å². The van der Waals surface area contributed by atoms with Gasteiger partial charge in [0.15, 0.2) is 0 Å². The third-order valence-electron chi connectivity index (χ3n) is 8.36. The Balaban J connectivity index is 1.36. The number of Topliss-reactive ketones (excluding diaryl/α,β-unsaturated/α-hetero) is 1. The largest absolute Gasteiger partial charge is 0.496 e. The normalized spacial score (nSPS) is 25.3. The second-order valence-corrected chi connectivity index (χ2v) is 10.9. The summed E-state index contributed by atoms with van der Waals surface area (Å²) in [7, 11) is 1.71. The number of halogens is 1. The molecule has 0 saturated heterocycles. The molecule has 0 radical (unpaired) electrons. The van der Waals surface area contributed by atoms with Crippen LogP contribution in [0.3, 0.4) is 0 Å². The maximum absolute atomic E-state index is 12.1. The fraction of sp³-hybridized carbons (Fsp3) is 0.367. The van der Waals surface area contributed by atoms with E-state index in [1.54, 1.807) is 31.4 Å². The van der Waals surface area contributed by atoms with Crippen LogP contribution in [0.15, 0.2) is 42.0 Å². The molecule has 0 atom stereocenters. The maximum atomic E-state index is 12.1. The van der Waals surface area contributed by atoms with E-state index < -0.39 is 11.7 Å². The number of hydrogen-bond acceptors (Lipinski definition) is 5. The Morgan fingerprint density at radius 1 is 1.11 bits per heavy atom. The minimum atomic E-state index is -0.627. The Morgan fingerprint density at radius 2 is 1.84 bits per heavy atom. The number of hydrogen-bond donors (Lipinski definition) is 1. The number of carbonyl (C=O) groups is 2. The molecule has 1 amide bonds. The average Bonchev–Trinajstić information content (AvgIpc) is 3.17. The molecule has 4 saturated carbocycles. The first-order valence-electron chi connectivity index (χ1n) is 12.7. The van der Waals surface area contributed by atoms with Gasteiger partial charge in [-0.2, -0.15) is 5.26 Å². The van der Waals surface area contributed by atoms with Crippen molar-refractivity contribution in [3.05, 3.63) is 69.3 Å². The van der Waals surface area contributed by atoms with Crippen molar-refractivity contribution < 1.29 is 19.1 Å². The lowest BCUT2D eigenvalue weighted by molar-refractivity contribution is -0.112. The molecule has 188 valence electrons. The predicted octanol–water partition coefficient (Wildman–Crippen LogP) is 6.40. The number of ketones is 1. The van der Waals surface area contributed by atoms with Crippen molar-refractivity contribution in [1.82, 2.24) is 0 Å². The van der Waals surface area contributed by atoms with Crippen molar-refractivity contribution in [2.24, 2.45) is 23.7 Å². The molecule has 1 N–H and O–H groups in total. The molecular weight excluding hydrogens is 488 g/mol. The smallest absolute Gasteiger partial charge is 0.296 e. The summed E-state index contributed by atoms with van der Waals surface area (Å²) in [4.78, 5) is 23.8. The fourth-order valence-corrected chi connectivity index (χ4v) is 7.34. The van der Waals surface area contributed by atoms with Gasteiger partial charge in [0.05, 0.1) is 29.5 Å². The highest BCUT2D eigenvalue weighted by Crippen LogP contribution is 2.58. The molecule has 2 aromatic rings. The van der Waals surface area contributed by atoms with Crippen LogP contribution in [0, 0.1) is 35.0 Å². The highest BCUT2D eigenvalue weighted by molar-refractivity contribution is 6.51. The Bertz CT molecular complexity index is 1390. The summed E-state index contributed by atoms with van der Waals surface area (Å²) >= 11 is 7.02. The quantitative estimate of drug-likeness (QED) is 0.273. The molecule has 7 heteroatoms. The van der Waals surface area contributed by atoms with Crippen LogP contribution in [-0.4, -0.2) is 18.8 Å². The van der Waals surface area contributed by atoms with Crippen LogP contribution in [0.4, 0.5) is 5.69 Å². The van der Waals surface area contributed by atoms with Crippen LogP contribution in [0.1, 0.15) is 59.2 Å². The summed E-state index contributed by atoms with van der Waals surface area (Å²) in [5.74, 6) is 2.89. The summed E-state index contributed by atoms with van der Waals surface area (Å²) in [5.41, 5.74) is 4.45. The van der Waals surface area contributed by atoms with E-state index >= 15 is 0 Å². The molecule has 4 bridgehead atoms. The number of anilines is 1. The molecule has 1 aliphatic heterocycles. The molecule has 4 fully saturated rings. The van der Waals surface area contributed by atoms with Crippen molar-refractivity contribution >= 4 is 40.8 Å². The standard InChI is InChI=1S/C30H27ClN2O4/c1-36-29(25-20-10-17-9-18(12-20)13-21(25)11-17)22-6-5-19(3-2-8-32)28(26(22)31)37-15-16-4-7-24-23(14-16)27(34)30(35)33-24/h2-7,14,17-18,20-21H,9-13,15H2,1H3,(H,33,34,35)/b3-2+,29-25?. The number of nitrogens with one attached hydrogen (secondary N) is 1. The Labute approximate surface area is 220 Å². The highest BCUT2D eigenvalue weighted by atomic mass is 35.5. The first-order chi connectivity index (χ1) is 18.0. The minimum absolute atomic E-state index is 0.138. The second kappa shape index (κ2) is 9.39. The minimum Gasteiger partial charge on any atom is -0.496 e. The number of ether oxygens (including phenoxy) is 2. The van der Waals surface area contributed by atoms with E-state index in [0.717, 1.165) is 28.7 Å². The van der Waals surface area contributed by atoms with E-state index in [4.69, 9.17) is 26.3 Å². The molecule has 5 aliphatic rings. The van der Waals surface area contributed by atoms with Crippen LogP contribution in [0.25, 0.3) is 11.8 Å². The van der Waals surface area contributed by atoms with Crippen LogP contribution in [0.2, 0.25) is 5.02 Å². The van der Waals surface area contributed by atoms with Gasteiger partial charge in [-0.3, -0.25) is 9.59 Å². The fourth-order valence-electron chi connectivity index (χ4n) is 7.03. The Morgan fingerprint density at radius 3 is 2.51 bits per heavy atom. The topological polar surface area (TPSA) is 88.4 Å². The van der Waals surface area contributed by atoms with Gasteiger partial charge in [-0.15, -0.1) is 0 Å².